The molecule has 2 N–H and O–H groups in total. The second-order valence-electron chi connectivity index (χ2n) is 4.86. The largest absolute Gasteiger partial charge is 0.357 e. The molecule has 2 unspecified atom stereocenters. The lowest BCUT2D eigenvalue weighted by atomic mass is 10.1. The molecule has 19 heavy (non-hydrogen) atoms. The summed E-state index contributed by atoms with van der Waals surface area (Å²) >= 11 is 0. The lowest BCUT2D eigenvalue weighted by molar-refractivity contribution is -0.123. The van der Waals surface area contributed by atoms with Gasteiger partial charge in [0, 0.05) is 19.1 Å². The molecule has 5 nitrogen and oxygen atoms in total. The van der Waals surface area contributed by atoms with Crippen molar-refractivity contribution in [2.45, 2.75) is 32.4 Å². The van der Waals surface area contributed by atoms with Crippen LogP contribution in [0.15, 0.2) is 18.3 Å². The van der Waals surface area contributed by atoms with Gasteiger partial charge in [0.05, 0.1) is 17.6 Å². The normalized spacial score (nSPS) is 21.1. The lowest BCUT2D eigenvalue weighted by Gasteiger charge is -2.36. The van der Waals surface area contributed by atoms with Gasteiger partial charge in [-0.15, -0.1) is 0 Å². The van der Waals surface area contributed by atoms with Gasteiger partial charge in [-0.25, -0.2) is 0 Å². The van der Waals surface area contributed by atoms with Gasteiger partial charge in [-0.1, -0.05) is 6.92 Å². The topological polar surface area (TPSA) is 57.3 Å². The van der Waals surface area contributed by atoms with Crippen LogP contribution in [0.1, 0.15) is 32.0 Å². The molecule has 0 aromatic carbocycles. The number of nitrogens with one attached hydrogen (secondary N) is 2. The minimum Gasteiger partial charge on any atom is -0.357 e. The quantitative estimate of drug-likeness (QED) is 0.852. The first-order valence-corrected chi connectivity index (χ1v) is 6.85. The van der Waals surface area contributed by atoms with Crippen LogP contribution < -0.4 is 15.5 Å². The third kappa shape index (κ3) is 2.87. The molecule has 0 bridgehead atoms. The zero-order valence-electron chi connectivity index (χ0n) is 11.8. The van der Waals surface area contributed by atoms with Gasteiger partial charge in [-0.2, -0.15) is 0 Å². The van der Waals surface area contributed by atoms with Crippen molar-refractivity contribution in [2.75, 3.05) is 25.0 Å². The predicted molar refractivity (Wildman–Crippen MR) is 76.1 cm³/mol. The van der Waals surface area contributed by atoms with Crippen LogP contribution in [0.4, 0.5) is 5.69 Å². The second-order valence-corrected chi connectivity index (χ2v) is 4.86. The Morgan fingerprint density at radius 1 is 1.58 bits per heavy atom. The van der Waals surface area contributed by atoms with Gasteiger partial charge < -0.3 is 15.5 Å². The second kappa shape index (κ2) is 6.02. The Bertz CT molecular complexity index is 432. The molecule has 0 radical (unpaired) electrons. The van der Waals surface area contributed by atoms with E-state index in [-0.39, 0.29) is 18.0 Å². The Balaban J connectivity index is 2.18. The maximum absolute atomic E-state index is 11.8. The van der Waals surface area contributed by atoms with Gasteiger partial charge in [-0.05, 0) is 32.5 Å². The van der Waals surface area contributed by atoms with E-state index in [0.29, 0.717) is 6.54 Å². The fourth-order valence-corrected chi connectivity index (χ4v) is 2.40. The summed E-state index contributed by atoms with van der Waals surface area (Å²) in [6.07, 6.45) is 2.67. The minimum absolute atomic E-state index is 0.0804. The van der Waals surface area contributed by atoms with Gasteiger partial charge in [0.15, 0.2) is 0 Å². The SMILES string of the molecule is CCC1C(=O)NCCN1c1ccc(C(C)NC)nc1. The summed E-state index contributed by atoms with van der Waals surface area (Å²) in [5.74, 6) is 0.112. The number of carbonyl (C=O) groups excluding carboxylic acids is 1. The molecule has 1 fully saturated rings. The molecule has 0 spiro atoms. The van der Waals surface area contributed by atoms with Crippen LogP contribution in [0.25, 0.3) is 0 Å². The number of nitrogens with zero attached hydrogens (tertiary/aromatic N) is 2. The van der Waals surface area contributed by atoms with Gasteiger partial charge in [-0.3, -0.25) is 9.78 Å². The summed E-state index contributed by atoms with van der Waals surface area (Å²) < 4.78 is 0. The first kappa shape index (κ1) is 13.8. The molecule has 1 aliphatic rings. The third-order valence-electron chi connectivity index (χ3n) is 3.70. The van der Waals surface area contributed by atoms with Crippen LogP contribution in [-0.2, 0) is 4.79 Å². The number of amides is 1. The molecule has 104 valence electrons. The maximum atomic E-state index is 11.8. The summed E-state index contributed by atoms with van der Waals surface area (Å²) in [7, 11) is 1.92. The first-order valence-electron chi connectivity index (χ1n) is 6.85. The summed E-state index contributed by atoms with van der Waals surface area (Å²) in [6.45, 7) is 5.65. The van der Waals surface area contributed by atoms with Gasteiger partial charge >= 0.3 is 0 Å². The molecule has 2 rings (SSSR count). The van der Waals surface area contributed by atoms with Crippen LogP contribution >= 0.6 is 0 Å². The van der Waals surface area contributed by atoms with Crippen molar-refractivity contribution in [3.63, 3.8) is 0 Å². The zero-order chi connectivity index (χ0) is 13.8. The van der Waals surface area contributed by atoms with E-state index in [1.807, 2.05) is 26.2 Å². The van der Waals surface area contributed by atoms with Crippen molar-refractivity contribution >= 4 is 11.6 Å². The highest BCUT2D eigenvalue weighted by Gasteiger charge is 2.28. The zero-order valence-corrected chi connectivity index (χ0v) is 11.8. The number of aromatic nitrogens is 1. The van der Waals surface area contributed by atoms with Crippen molar-refractivity contribution < 1.29 is 4.79 Å². The van der Waals surface area contributed by atoms with Gasteiger partial charge in [0.25, 0.3) is 0 Å². The van der Waals surface area contributed by atoms with E-state index in [1.54, 1.807) is 0 Å². The number of hydrogen-bond donors (Lipinski definition) is 2. The highest BCUT2D eigenvalue weighted by molar-refractivity contribution is 5.86. The summed E-state index contributed by atoms with van der Waals surface area (Å²) in [5.41, 5.74) is 2.04. The van der Waals surface area contributed by atoms with E-state index >= 15 is 0 Å². The molecule has 2 heterocycles. The van der Waals surface area contributed by atoms with Crippen LogP contribution in [0.2, 0.25) is 0 Å². The maximum Gasteiger partial charge on any atom is 0.242 e. The Kier molecular flexibility index (Phi) is 4.37. The van der Waals surface area contributed by atoms with Crippen LogP contribution in [0.5, 0.6) is 0 Å². The first-order chi connectivity index (χ1) is 9.17. The van der Waals surface area contributed by atoms with E-state index in [4.69, 9.17) is 0 Å². The Morgan fingerprint density at radius 3 is 2.95 bits per heavy atom. The molecule has 0 aliphatic carbocycles. The predicted octanol–water partition coefficient (Wildman–Crippen LogP) is 1.08. The fraction of sp³-hybridized carbons (Fsp3) is 0.571. The van der Waals surface area contributed by atoms with Crippen molar-refractivity contribution in [1.82, 2.24) is 15.6 Å². The Labute approximate surface area is 114 Å². The number of piperazine rings is 1. The Hall–Kier alpha value is -1.62. The molecule has 1 aromatic heterocycles. The Morgan fingerprint density at radius 2 is 2.37 bits per heavy atom. The molecule has 1 aliphatic heterocycles. The number of anilines is 1. The fourth-order valence-electron chi connectivity index (χ4n) is 2.40. The number of pyridine rings is 1. The van der Waals surface area contributed by atoms with E-state index < -0.39 is 0 Å². The molecule has 1 saturated heterocycles. The average Bonchev–Trinajstić information content (AvgIpc) is 2.46. The third-order valence-corrected chi connectivity index (χ3v) is 3.70. The number of rotatable bonds is 4. The van der Waals surface area contributed by atoms with Crippen LogP contribution in [-0.4, -0.2) is 37.1 Å². The van der Waals surface area contributed by atoms with Gasteiger partial charge in [0.1, 0.15) is 6.04 Å². The molecule has 0 saturated carbocycles. The smallest absolute Gasteiger partial charge is 0.242 e. The van der Waals surface area contributed by atoms with Crippen LogP contribution in [0, 0.1) is 0 Å². The van der Waals surface area contributed by atoms with E-state index in [9.17, 15) is 4.79 Å². The minimum atomic E-state index is -0.0804. The van der Waals surface area contributed by atoms with Crippen molar-refractivity contribution in [3.8, 4) is 0 Å². The summed E-state index contributed by atoms with van der Waals surface area (Å²) in [6, 6.07) is 4.23. The van der Waals surface area contributed by atoms with E-state index in [2.05, 4.69) is 33.5 Å². The highest BCUT2D eigenvalue weighted by atomic mass is 16.2. The summed E-state index contributed by atoms with van der Waals surface area (Å²) in [5, 5.41) is 6.08. The molecule has 1 aromatic rings. The molecular formula is C14H22N4O. The van der Waals surface area contributed by atoms with E-state index in [1.165, 1.54) is 0 Å². The monoisotopic (exact) mass is 262 g/mol. The molecular weight excluding hydrogens is 240 g/mol. The lowest BCUT2D eigenvalue weighted by Crippen LogP contribution is -2.55. The number of carbonyl (C=O) groups is 1. The molecule has 1 amide bonds. The number of hydrogen-bond acceptors (Lipinski definition) is 4. The average molecular weight is 262 g/mol. The van der Waals surface area contributed by atoms with E-state index in [0.717, 1.165) is 24.3 Å². The van der Waals surface area contributed by atoms with Crippen molar-refractivity contribution in [3.05, 3.63) is 24.0 Å². The van der Waals surface area contributed by atoms with Crippen LogP contribution in [0.3, 0.4) is 0 Å². The highest BCUT2D eigenvalue weighted by Crippen LogP contribution is 2.21. The summed E-state index contributed by atoms with van der Waals surface area (Å²) in [4.78, 5) is 18.5. The molecule has 5 heteroatoms. The molecule has 2 atom stereocenters. The van der Waals surface area contributed by atoms with Crippen molar-refractivity contribution in [1.29, 1.82) is 0 Å². The van der Waals surface area contributed by atoms with Gasteiger partial charge in [0.2, 0.25) is 5.91 Å². The van der Waals surface area contributed by atoms with Crippen molar-refractivity contribution in [2.24, 2.45) is 0 Å². The standard InChI is InChI=1S/C14H22N4O/c1-4-13-14(19)16-7-8-18(13)11-5-6-12(17-9-11)10(2)15-3/h5-6,9-10,13,15H,4,7-8H2,1-3H3,(H,16,19).